The van der Waals surface area contributed by atoms with Gasteiger partial charge in [-0.3, -0.25) is 0 Å². The molecule has 2 rings (SSSR count). The minimum absolute atomic E-state index is 0.146. The minimum Gasteiger partial charge on any atom is -0.327 e. The van der Waals surface area contributed by atoms with Crippen LogP contribution in [0.15, 0.2) is 24.3 Å². The molecule has 0 radical (unpaired) electrons. The van der Waals surface area contributed by atoms with E-state index in [1.165, 1.54) is 6.07 Å². The van der Waals surface area contributed by atoms with Gasteiger partial charge < -0.3 is 5.73 Å². The second-order valence-electron chi connectivity index (χ2n) is 4.64. The molecule has 1 aromatic rings. The highest BCUT2D eigenvalue weighted by molar-refractivity contribution is 5.34. The Morgan fingerprint density at radius 3 is 2.35 bits per heavy atom. The Morgan fingerprint density at radius 2 is 1.71 bits per heavy atom. The molecule has 0 bridgehead atoms. The zero-order valence-corrected chi connectivity index (χ0v) is 9.50. The lowest BCUT2D eigenvalue weighted by molar-refractivity contribution is -0.138. The molecule has 0 saturated heterocycles. The molecule has 0 aromatic heterocycles. The maximum absolute atomic E-state index is 12.9. The topological polar surface area (TPSA) is 26.0 Å². The van der Waals surface area contributed by atoms with Gasteiger partial charge in [0.25, 0.3) is 0 Å². The number of rotatable bonds is 1. The van der Waals surface area contributed by atoms with Crippen molar-refractivity contribution in [1.29, 1.82) is 0 Å². The van der Waals surface area contributed by atoms with Gasteiger partial charge >= 0.3 is 6.18 Å². The second kappa shape index (κ2) is 4.69. The number of alkyl halides is 3. The fraction of sp³-hybridized carbons (Fsp3) is 0.538. The summed E-state index contributed by atoms with van der Waals surface area (Å²) < 4.78 is 38.7. The van der Waals surface area contributed by atoms with Crippen LogP contribution in [-0.4, -0.2) is 6.04 Å². The first-order valence-corrected chi connectivity index (χ1v) is 5.92. The Labute approximate surface area is 98.8 Å². The Balaban J connectivity index is 2.37. The highest BCUT2D eigenvalue weighted by Crippen LogP contribution is 2.39. The van der Waals surface area contributed by atoms with Gasteiger partial charge in [-0.05, 0) is 30.4 Å². The van der Waals surface area contributed by atoms with Crippen LogP contribution in [0.3, 0.4) is 0 Å². The fourth-order valence-corrected chi connectivity index (χ4v) is 2.62. The molecule has 0 aliphatic heterocycles. The molecule has 1 aromatic carbocycles. The number of hydrogen-bond donors (Lipinski definition) is 1. The van der Waals surface area contributed by atoms with E-state index in [9.17, 15) is 13.2 Å². The molecule has 1 aliphatic rings. The van der Waals surface area contributed by atoms with E-state index in [1.807, 2.05) is 0 Å². The first-order chi connectivity index (χ1) is 8.00. The van der Waals surface area contributed by atoms with E-state index >= 15 is 0 Å². The van der Waals surface area contributed by atoms with Gasteiger partial charge in [-0.1, -0.05) is 31.0 Å². The molecule has 17 heavy (non-hydrogen) atoms. The Hall–Kier alpha value is -1.03. The summed E-state index contributed by atoms with van der Waals surface area (Å²) in [4.78, 5) is 0. The summed E-state index contributed by atoms with van der Waals surface area (Å²) in [7, 11) is 0. The first kappa shape index (κ1) is 12.4. The van der Waals surface area contributed by atoms with Crippen LogP contribution in [0.5, 0.6) is 0 Å². The maximum Gasteiger partial charge on any atom is 0.416 e. The van der Waals surface area contributed by atoms with E-state index in [0.717, 1.165) is 31.7 Å². The van der Waals surface area contributed by atoms with Gasteiger partial charge in [0.2, 0.25) is 0 Å². The molecular formula is C13H16F3N. The molecular weight excluding hydrogens is 227 g/mol. The molecule has 0 unspecified atom stereocenters. The highest BCUT2D eigenvalue weighted by atomic mass is 19.4. The van der Waals surface area contributed by atoms with Gasteiger partial charge in [0.05, 0.1) is 5.56 Å². The number of halogens is 3. The van der Waals surface area contributed by atoms with Crippen LogP contribution < -0.4 is 5.73 Å². The van der Waals surface area contributed by atoms with Crippen LogP contribution in [0.25, 0.3) is 0 Å². The molecule has 1 saturated carbocycles. The third kappa shape index (κ3) is 2.63. The smallest absolute Gasteiger partial charge is 0.327 e. The quantitative estimate of drug-likeness (QED) is 0.799. The van der Waals surface area contributed by atoms with E-state index in [2.05, 4.69) is 0 Å². The van der Waals surface area contributed by atoms with Crippen molar-refractivity contribution in [2.24, 2.45) is 5.73 Å². The van der Waals surface area contributed by atoms with Crippen LogP contribution in [-0.2, 0) is 6.18 Å². The Bertz CT molecular complexity index is 386. The normalized spacial score (nSPS) is 25.9. The second-order valence-corrected chi connectivity index (χ2v) is 4.64. The van der Waals surface area contributed by atoms with Crippen molar-refractivity contribution in [1.82, 2.24) is 0 Å². The standard InChI is InChI=1S/C13H16F3N/c14-13(15,16)11-7-3-1-5-9(11)10-6-2-4-8-12(10)17/h1,3,5,7,10,12H,2,4,6,8,17H2/t10-,12+/m1/s1. The van der Waals surface area contributed by atoms with Gasteiger partial charge in [-0.2, -0.15) is 13.2 Å². The summed E-state index contributed by atoms with van der Waals surface area (Å²) in [6.45, 7) is 0. The summed E-state index contributed by atoms with van der Waals surface area (Å²) in [5.41, 5.74) is 5.80. The molecule has 4 heteroatoms. The maximum atomic E-state index is 12.9. The third-order valence-electron chi connectivity index (χ3n) is 3.49. The summed E-state index contributed by atoms with van der Waals surface area (Å²) >= 11 is 0. The molecule has 0 amide bonds. The average Bonchev–Trinajstić information content (AvgIpc) is 2.28. The Morgan fingerprint density at radius 1 is 1.06 bits per heavy atom. The lowest BCUT2D eigenvalue weighted by Crippen LogP contribution is -2.32. The summed E-state index contributed by atoms with van der Waals surface area (Å²) in [6.07, 6.45) is -0.727. The summed E-state index contributed by atoms with van der Waals surface area (Å²) in [6, 6.07) is 5.66. The van der Waals surface area contributed by atoms with E-state index in [4.69, 9.17) is 5.73 Å². The van der Waals surface area contributed by atoms with Crippen LogP contribution in [0.1, 0.15) is 42.7 Å². The van der Waals surface area contributed by atoms with Gasteiger partial charge in [-0.15, -0.1) is 0 Å². The van der Waals surface area contributed by atoms with Crippen molar-refractivity contribution in [3.05, 3.63) is 35.4 Å². The van der Waals surface area contributed by atoms with Crippen molar-refractivity contribution in [3.63, 3.8) is 0 Å². The van der Waals surface area contributed by atoms with E-state index in [-0.39, 0.29) is 12.0 Å². The Kier molecular flexibility index (Phi) is 3.43. The molecule has 94 valence electrons. The molecule has 2 N–H and O–H groups in total. The van der Waals surface area contributed by atoms with Crippen LogP contribution in [0.2, 0.25) is 0 Å². The number of benzene rings is 1. The highest BCUT2D eigenvalue weighted by Gasteiger charge is 2.36. The van der Waals surface area contributed by atoms with Crippen LogP contribution in [0, 0.1) is 0 Å². The number of hydrogen-bond acceptors (Lipinski definition) is 1. The zero-order valence-electron chi connectivity index (χ0n) is 9.50. The van der Waals surface area contributed by atoms with E-state index in [0.29, 0.717) is 5.56 Å². The van der Waals surface area contributed by atoms with Crippen LogP contribution >= 0.6 is 0 Å². The molecule has 2 atom stereocenters. The van der Waals surface area contributed by atoms with Gasteiger partial charge in [-0.25, -0.2) is 0 Å². The molecule has 1 nitrogen and oxygen atoms in total. The predicted molar refractivity (Wildman–Crippen MR) is 60.6 cm³/mol. The largest absolute Gasteiger partial charge is 0.416 e. The van der Waals surface area contributed by atoms with E-state index in [1.54, 1.807) is 12.1 Å². The first-order valence-electron chi connectivity index (χ1n) is 5.92. The van der Waals surface area contributed by atoms with Crippen molar-refractivity contribution in [2.45, 2.75) is 43.8 Å². The van der Waals surface area contributed by atoms with Crippen molar-refractivity contribution in [3.8, 4) is 0 Å². The number of nitrogens with two attached hydrogens (primary N) is 1. The molecule has 0 spiro atoms. The zero-order chi connectivity index (χ0) is 12.5. The van der Waals surface area contributed by atoms with E-state index < -0.39 is 11.7 Å². The average molecular weight is 243 g/mol. The van der Waals surface area contributed by atoms with Gasteiger partial charge in [0, 0.05) is 6.04 Å². The van der Waals surface area contributed by atoms with Gasteiger partial charge in [0.15, 0.2) is 0 Å². The lowest BCUT2D eigenvalue weighted by Gasteiger charge is -2.30. The lowest BCUT2D eigenvalue weighted by atomic mass is 9.79. The van der Waals surface area contributed by atoms with Crippen molar-refractivity contribution >= 4 is 0 Å². The summed E-state index contributed by atoms with van der Waals surface area (Å²) in [5.74, 6) is -0.151. The predicted octanol–water partition coefficient (Wildman–Crippen LogP) is 3.69. The SMILES string of the molecule is N[C@H]1CCCC[C@@H]1c1ccccc1C(F)(F)F. The van der Waals surface area contributed by atoms with Gasteiger partial charge in [0.1, 0.15) is 0 Å². The molecule has 1 aliphatic carbocycles. The monoisotopic (exact) mass is 243 g/mol. The summed E-state index contributed by atoms with van der Waals surface area (Å²) in [5, 5.41) is 0. The third-order valence-corrected chi connectivity index (χ3v) is 3.49. The minimum atomic E-state index is -4.28. The molecule has 0 heterocycles. The van der Waals surface area contributed by atoms with Crippen molar-refractivity contribution < 1.29 is 13.2 Å². The van der Waals surface area contributed by atoms with Crippen molar-refractivity contribution in [2.75, 3.05) is 0 Å². The fourth-order valence-electron chi connectivity index (χ4n) is 2.62. The van der Waals surface area contributed by atoms with Crippen LogP contribution in [0.4, 0.5) is 13.2 Å². The molecule has 1 fully saturated rings.